The van der Waals surface area contributed by atoms with Crippen molar-refractivity contribution in [2.45, 2.75) is 6.42 Å². The number of hydrogen-bond donors (Lipinski definition) is 0. The fourth-order valence-corrected chi connectivity index (χ4v) is 2.54. The van der Waals surface area contributed by atoms with E-state index in [2.05, 4.69) is 19.9 Å². The fraction of sp³-hybridized carbons (Fsp3) is 0.438. The molecule has 1 aliphatic heterocycles. The van der Waals surface area contributed by atoms with Gasteiger partial charge in [-0.25, -0.2) is 4.98 Å². The molecule has 1 aliphatic rings. The number of rotatable bonds is 5. The highest BCUT2D eigenvalue weighted by Crippen LogP contribution is 2.23. The molecule has 2 aromatic rings. The molecule has 0 radical (unpaired) electrons. The Kier molecular flexibility index (Phi) is 4.37. The summed E-state index contributed by atoms with van der Waals surface area (Å²) in [5, 5.41) is 0. The van der Waals surface area contributed by atoms with Gasteiger partial charge in [0, 0.05) is 51.7 Å². The van der Waals surface area contributed by atoms with Crippen molar-refractivity contribution in [2.75, 3.05) is 43.6 Å². The van der Waals surface area contributed by atoms with Crippen molar-refractivity contribution in [1.29, 1.82) is 0 Å². The number of ether oxygens (including phenoxy) is 1. The molecule has 0 saturated carbocycles. The molecule has 1 atom stereocenters. The van der Waals surface area contributed by atoms with E-state index in [4.69, 9.17) is 4.74 Å². The van der Waals surface area contributed by atoms with Crippen molar-refractivity contribution in [2.24, 2.45) is 5.92 Å². The molecule has 1 saturated heterocycles. The molecule has 2 aromatic heterocycles. The lowest BCUT2D eigenvalue weighted by Gasteiger charge is -2.19. The summed E-state index contributed by atoms with van der Waals surface area (Å²) in [5.74, 6) is 3.11. The molecule has 0 aliphatic carbocycles. The van der Waals surface area contributed by atoms with Crippen LogP contribution in [-0.4, -0.2) is 48.7 Å². The van der Waals surface area contributed by atoms with Crippen LogP contribution in [0.5, 0.6) is 5.75 Å². The Hall–Kier alpha value is -2.37. The highest BCUT2D eigenvalue weighted by Gasteiger charge is 2.25. The van der Waals surface area contributed by atoms with Crippen molar-refractivity contribution in [3.05, 3.63) is 36.8 Å². The lowest BCUT2D eigenvalue weighted by molar-refractivity contribution is 0.261. The molecule has 0 aromatic carbocycles. The molecular weight excluding hydrogens is 278 g/mol. The standard InChI is InChI=1S/C16H21N5O/c1-20(2)15-5-9-18-16(19-15)21-10-6-13(11-21)12-22-14-3-7-17-8-4-14/h3-5,7-9,13H,6,10-12H2,1-2H3. The average Bonchev–Trinajstić information content (AvgIpc) is 3.03. The van der Waals surface area contributed by atoms with E-state index >= 15 is 0 Å². The molecule has 0 spiro atoms. The van der Waals surface area contributed by atoms with E-state index in [9.17, 15) is 0 Å². The maximum Gasteiger partial charge on any atom is 0.227 e. The molecule has 6 heteroatoms. The van der Waals surface area contributed by atoms with E-state index in [1.807, 2.05) is 43.4 Å². The minimum atomic E-state index is 0.500. The second-order valence-electron chi connectivity index (χ2n) is 5.70. The molecule has 6 nitrogen and oxygen atoms in total. The van der Waals surface area contributed by atoms with Gasteiger partial charge in [-0.2, -0.15) is 4.98 Å². The normalized spacial score (nSPS) is 17.5. The van der Waals surface area contributed by atoms with Gasteiger partial charge in [-0.3, -0.25) is 4.98 Å². The van der Waals surface area contributed by atoms with Gasteiger partial charge in [-0.05, 0) is 24.6 Å². The molecule has 1 fully saturated rings. The van der Waals surface area contributed by atoms with Gasteiger partial charge in [-0.1, -0.05) is 0 Å². The highest BCUT2D eigenvalue weighted by atomic mass is 16.5. The van der Waals surface area contributed by atoms with Crippen LogP contribution in [0, 0.1) is 5.92 Å². The molecule has 116 valence electrons. The Labute approximate surface area is 130 Å². The predicted octanol–water partition coefficient (Wildman–Crippen LogP) is 1.84. The third kappa shape index (κ3) is 3.44. The van der Waals surface area contributed by atoms with Crippen molar-refractivity contribution in [3.63, 3.8) is 0 Å². The minimum absolute atomic E-state index is 0.500. The summed E-state index contributed by atoms with van der Waals surface area (Å²) in [6.45, 7) is 2.62. The van der Waals surface area contributed by atoms with Crippen LogP contribution in [0.3, 0.4) is 0 Å². The zero-order valence-corrected chi connectivity index (χ0v) is 13.0. The molecule has 0 amide bonds. The quantitative estimate of drug-likeness (QED) is 0.840. The van der Waals surface area contributed by atoms with Crippen molar-refractivity contribution < 1.29 is 4.74 Å². The van der Waals surface area contributed by atoms with Gasteiger partial charge in [0.15, 0.2) is 0 Å². The van der Waals surface area contributed by atoms with Crippen LogP contribution in [0.25, 0.3) is 0 Å². The second kappa shape index (κ2) is 6.60. The van der Waals surface area contributed by atoms with E-state index < -0.39 is 0 Å². The average molecular weight is 299 g/mol. The molecular formula is C16H21N5O. The van der Waals surface area contributed by atoms with Crippen LogP contribution in [-0.2, 0) is 0 Å². The minimum Gasteiger partial charge on any atom is -0.493 e. The number of pyridine rings is 1. The Morgan fingerprint density at radius 3 is 2.82 bits per heavy atom. The third-order valence-electron chi connectivity index (χ3n) is 3.79. The third-order valence-corrected chi connectivity index (χ3v) is 3.79. The lowest BCUT2D eigenvalue weighted by Crippen LogP contribution is -2.24. The Morgan fingerprint density at radius 2 is 2.05 bits per heavy atom. The van der Waals surface area contributed by atoms with Crippen molar-refractivity contribution in [3.8, 4) is 5.75 Å². The van der Waals surface area contributed by atoms with Gasteiger partial charge < -0.3 is 14.5 Å². The molecule has 3 heterocycles. The summed E-state index contributed by atoms with van der Waals surface area (Å²) in [4.78, 5) is 17.2. The number of hydrogen-bond acceptors (Lipinski definition) is 6. The first-order valence-corrected chi connectivity index (χ1v) is 7.50. The maximum atomic E-state index is 5.82. The van der Waals surface area contributed by atoms with E-state index in [-0.39, 0.29) is 0 Å². The second-order valence-corrected chi connectivity index (χ2v) is 5.70. The van der Waals surface area contributed by atoms with E-state index in [0.29, 0.717) is 12.5 Å². The van der Waals surface area contributed by atoms with Crippen molar-refractivity contribution in [1.82, 2.24) is 15.0 Å². The first-order chi connectivity index (χ1) is 10.7. The summed E-state index contributed by atoms with van der Waals surface area (Å²) in [6.07, 6.45) is 6.41. The fourth-order valence-electron chi connectivity index (χ4n) is 2.54. The van der Waals surface area contributed by atoms with Gasteiger partial charge in [0.05, 0.1) is 6.61 Å². The molecule has 22 heavy (non-hydrogen) atoms. The Bertz CT molecular complexity index is 604. The van der Waals surface area contributed by atoms with Gasteiger partial charge in [0.25, 0.3) is 0 Å². The highest BCUT2D eigenvalue weighted by molar-refractivity contribution is 5.43. The smallest absolute Gasteiger partial charge is 0.227 e. The largest absolute Gasteiger partial charge is 0.493 e. The van der Waals surface area contributed by atoms with Crippen LogP contribution >= 0.6 is 0 Å². The van der Waals surface area contributed by atoms with Gasteiger partial charge in [0.2, 0.25) is 5.95 Å². The van der Waals surface area contributed by atoms with Crippen LogP contribution in [0.15, 0.2) is 36.8 Å². The number of nitrogens with zero attached hydrogens (tertiary/aromatic N) is 5. The summed E-state index contributed by atoms with van der Waals surface area (Å²) in [5.41, 5.74) is 0. The van der Waals surface area contributed by atoms with Gasteiger partial charge >= 0.3 is 0 Å². The van der Waals surface area contributed by atoms with Crippen LogP contribution < -0.4 is 14.5 Å². The Balaban J connectivity index is 1.57. The van der Waals surface area contributed by atoms with E-state index in [0.717, 1.165) is 37.0 Å². The summed E-state index contributed by atoms with van der Waals surface area (Å²) in [6, 6.07) is 5.69. The first-order valence-electron chi connectivity index (χ1n) is 7.50. The zero-order chi connectivity index (χ0) is 15.4. The van der Waals surface area contributed by atoms with Crippen LogP contribution in [0.1, 0.15) is 6.42 Å². The first kappa shape index (κ1) is 14.6. The van der Waals surface area contributed by atoms with Gasteiger partial charge in [0.1, 0.15) is 11.6 Å². The van der Waals surface area contributed by atoms with E-state index in [1.165, 1.54) is 0 Å². The van der Waals surface area contributed by atoms with Gasteiger partial charge in [-0.15, -0.1) is 0 Å². The SMILES string of the molecule is CN(C)c1ccnc(N2CCC(COc3ccncc3)C2)n1. The zero-order valence-electron chi connectivity index (χ0n) is 13.0. The molecule has 0 bridgehead atoms. The number of anilines is 2. The van der Waals surface area contributed by atoms with Crippen LogP contribution in [0.2, 0.25) is 0 Å². The predicted molar refractivity (Wildman–Crippen MR) is 86.4 cm³/mol. The monoisotopic (exact) mass is 299 g/mol. The summed E-state index contributed by atoms with van der Waals surface area (Å²) < 4.78 is 5.82. The lowest BCUT2D eigenvalue weighted by atomic mass is 10.1. The molecule has 3 rings (SSSR count). The van der Waals surface area contributed by atoms with Crippen LogP contribution in [0.4, 0.5) is 11.8 Å². The summed E-state index contributed by atoms with van der Waals surface area (Å²) >= 11 is 0. The van der Waals surface area contributed by atoms with Crippen molar-refractivity contribution >= 4 is 11.8 Å². The van der Waals surface area contributed by atoms with E-state index in [1.54, 1.807) is 12.4 Å². The summed E-state index contributed by atoms with van der Waals surface area (Å²) in [7, 11) is 3.98. The molecule has 0 N–H and O–H groups in total. The maximum absolute atomic E-state index is 5.82. The topological polar surface area (TPSA) is 54.4 Å². The molecule has 1 unspecified atom stereocenters. The Morgan fingerprint density at radius 1 is 1.23 bits per heavy atom. The number of aromatic nitrogens is 3.